The van der Waals surface area contributed by atoms with Crippen molar-refractivity contribution in [2.24, 2.45) is 0 Å². The van der Waals surface area contributed by atoms with Crippen LogP contribution in [-0.4, -0.2) is 44.2 Å². The van der Waals surface area contributed by atoms with E-state index in [9.17, 15) is 9.18 Å². The van der Waals surface area contributed by atoms with Gasteiger partial charge in [0.15, 0.2) is 11.6 Å². The van der Waals surface area contributed by atoms with Gasteiger partial charge in [-0.1, -0.05) is 12.1 Å². The SMILES string of the molecule is COc1ccc(NC(=O)C(C)N(C)CCOc2ccccc2F)cc1. The maximum atomic E-state index is 13.5. The minimum atomic E-state index is -0.393. The Hall–Kier alpha value is -2.60. The molecule has 5 nitrogen and oxygen atoms in total. The summed E-state index contributed by atoms with van der Waals surface area (Å²) in [6, 6.07) is 13.0. The molecule has 1 amide bonds. The average Bonchev–Trinajstić information content (AvgIpc) is 2.63. The van der Waals surface area contributed by atoms with Crippen molar-refractivity contribution in [2.75, 3.05) is 32.6 Å². The first-order valence-corrected chi connectivity index (χ1v) is 8.03. The predicted octanol–water partition coefficient (Wildman–Crippen LogP) is 3.17. The molecule has 2 rings (SSSR count). The van der Waals surface area contributed by atoms with Crippen LogP contribution in [0.2, 0.25) is 0 Å². The van der Waals surface area contributed by atoms with Gasteiger partial charge < -0.3 is 14.8 Å². The Kier molecular flexibility index (Phi) is 6.77. The Labute approximate surface area is 147 Å². The molecule has 6 heteroatoms. The fraction of sp³-hybridized carbons (Fsp3) is 0.316. The van der Waals surface area contributed by atoms with Crippen molar-refractivity contribution in [2.45, 2.75) is 13.0 Å². The first kappa shape index (κ1) is 18.7. The lowest BCUT2D eigenvalue weighted by atomic mass is 10.2. The maximum absolute atomic E-state index is 13.5. The molecule has 0 spiro atoms. The number of benzene rings is 2. The van der Waals surface area contributed by atoms with Gasteiger partial charge in [-0.05, 0) is 50.4 Å². The van der Waals surface area contributed by atoms with E-state index in [1.165, 1.54) is 6.07 Å². The number of para-hydroxylation sites is 1. The molecule has 134 valence electrons. The maximum Gasteiger partial charge on any atom is 0.241 e. The Morgan fingerprint density at radius 2 is 1.88 bits per heavy atom. The number of nitrogens with zero attached hydrogens (tertiary/aromatic N) is 1. The van der Waals surface area contributed by atoms with Crippen LogP contribution < -0.4 is 14.8 Å². The molecular weight excluding hydrogens is 323 g/mol. The minimum Gasteiger partial charge on any atom is -0.497 e. The lowest BCUT2D eigenvalue weighted by Crippen LogP contribution is -2.41. The van der Waals surface area contributed by atoms with Crippen molar-refractivity contribution >= 4 is 11.6 Å². The molecule has 2 aromatic carbocycles. The minimum absolute atomic E-state index is 0.126. The van der Waals surface area contributed by atoms with Crippen molar-refractivity contribution in [1.29, 1.82) is 0 Å². The summed E-state index contributed by atoms with van der Waals surface area (Å²) in [5, 5.41) is 2.85. The van der Waals surface area contributed by atoms with E-state index >= 15 is 0 Å². The van der Waals surface area contributed by atoms with Gasteiger partial charge in [-0.15, -0.1) is 0 Å². The van der Waals surface area contributed by atoms with Crippen LogP contribution in [0, 0.1) is 5.82 Å². The summed E-state index contributed by atoms with van der Waals surface area (Å²) in [6.45, 7) is 2.59. The third kappa shape index (κ3) is 5.46. The normalized spacial score (nSPS) is 11.9. The van der Waals surface area contributed by atoms with Crippen LogP contribution in [0.1, 0.15) is 6.92 Å². The second-order valence-corrected chi connectivity index (χ2v) is 5.65. The third-order valence-corrected chi connectivity index (χ3v) is 3.94. The fourth-order valence-corrected chi connectivity index (χ4v) is 2.18. The van der Waals surface area contributed by atoms with Gasteiger partial charge in [-0.2, -0.15) is 0 Å². The Morgan fingerprint density at radius 3 is 2.52 bits per heavy atom. The second kappa shape index (κ2) is 9.03. The number of halogens is 1. The summed E-state index contributed by atoms with van der Waals surface area (Å²) in [5.41, 5.74) is 0.702. The van der Waals surface area contributed by atoms with E-state index < -0.39 is 5.82 Å². The third-order valence-electron chi connectivity index (χ3n) is 3.94. The van der Waals surface area contributed by atoms with Crippen LogP contribution in [0.25, 0.3) is 0 Å². The number of ether oxygens (including phenoxy) is 2. The smallest absolute Gasteiger partial charge is 0.241 e. The summed E-state index contributed by atoms with van der Waals surface area (Å²) < 4.78 is 24.0. The highest BCUT2D eigenvalue weighted by Gasteiger charge is 2.18. The van der Waals surface area contributed by atoms with Gasteiger partial charge in [0, 0.05) is 12.2 Å². The molecule has 1 unspecified atom stereocenters. The Bertz CT molecular complexity index is 691. The first-order chi connectivity index (χ1) is 12.0. The van der Waals surface area contributed by atoms with Crippen molar-refractivity contribution < 1.29 is 18.7 Å². The van der Waals surface area contributed by atoms with Gasteiger partial charge in [0.05, 0.1) is 13.2 Å². The van der Waals surface area contributed by atoms with Crippen LogP contribution in [0.3, 0.4) is 0 Å². The van der Waals surface area contributed by atoms with E-state index in [0.717, 1.165) is 5.75 Å². The number of carbonyl (C=O) groups is 1. The lowest BCUT2D eigenvalue weighted by Gasteiger charge is -2.24. The van der Waals surface area contributed by atoms with E-state index in [4.69, 9.17) is 9.47 Å². The molecular formula is C19H23FN2O3. The molecule has 0 saturated heterocycles. The highest BCUT2D eigenvalue weighted by Crippen LogP contribution is 2.16. The van der Waals surface area contributed by atoms with Crippen LogP contribution in [0.4, 0.5) is 10.1 Å². The Morgan fingerprint density at radius 1 is 1.20 bits per heavy atom. The van der Waals surface area contributed by atoms with Gasteiger partial charge in [0.1, 0.15) is 12.4 Å². The van der Waals surface area contributed by atoms with Gasteiger partial charge in [-0.3, -0.25) is 9.69 Å². The van der Waals surface area contributed by atoms with Gasteiger partial charge in [-0.25, -0.2) is 4.39 Å². The summed E-state index contributed by atoms with van der Waals surface area (Å²) in [6.07, 6.45) is 0. The van der Waals surface area contributed by atoms with Gasteiger partial charge in [0.2, 0.25) is 5.91 Å². The number of rotatable bonds is 8. The summed E-state index contributed by atoms with van der Waals surface area (Å²) >= 11 is 0. The Balaban J connectivity index is 1.80. The van der Waals surface area contributed by atoms with E-state index in [0.29, 0.717) is 12.2 Å². The largest absolute Gasteiger partial charge is 0.497 e. The summed E-state index contributed by atoms with van der Waals surface area (Å²) in [4.78, 5) is 14.2. The number of carbonyl (C=O) groups excluding carboxylic acids is 1. The molecule has 0 bridgehead atoms. The zero-order valence-corrected chi connectivity index (χ0v) is 14.7. The second-order valence-electron chi connectivity index (χ2n) is 5.65. The van der Waals surface area contributed by atoms with Gasteiger partial charge in [0.25, 0.3) is 0 Å². The number of nitrogens with one attached hydrogen (secondary N) is 1. The number of likely N-dealkylation sites (N-methyl/N-ethyl adjacent to an activating group) is 1. The van der Waals surface area contributed by atoms with Crippen LogP contribution >= 0.6 is 0 Å². The zero-order valence-electron chi connectivity index (χ0n) is 14.7. The highest BCUT2D eigenvalue weighted by molar-refractivity contribution is 5.94. The first-order valence-electron chi connectivity index (χ1n) is 8.03. The predicted molar refractivity (Wildman–Crippen MR) is 95.6 cm³/mol. The number of amides is 1. The molecule has 2 aromatic rings. The molecule has 0 fully saturated rings. The molecule has 0 aliphatic carbocycles. The lowest BCUT2D eigenvalue weighted by molar-refractivity contribution is -0.120. The van der Waals surface area contributed by atoms with E-state index in [2.05, 4.69) is 5.32 Å². The molecule has 0 aliphatic heterocycles. The standard InChI is InChI=1S/C19H23FN2O3/c1-14(19(23)21-15-8-10-16(24-3)11-9-15)22(2)12-13-25-18-7-5-4-6-17(18)20/h4-11,14H,12-13H2,1-3H3,(H,21,23). The highest BCUT2D eigenvalue weighted by atomic mass is 19.1. The molecule has 0 aliphatic rings. The topological polar surface area (TPSA) is 50.8 Å². The monoisotopic (exact) mass is 346 g/mol. The number of hydrogen-bond acceptors (Lipinski definition) is 4. The van der Waals surface area contributed by atoms with E-state index in [-0.39, 0.29) is 24.3 Å². The molecule has 1 atom stereocenters. The van der Waals surface area contributed by atoms with E-state index in [1.807, 2.05) is 18.9 Å². The molecule has 0 heterocycles. The molecule has 0 radical (unpaired) electrons. The molecule has 0 saturated carbocycles. The van der Waals surface area contributed by atoms with Crippen molar-refractivity contribution in [3.05, 3.63) is 54.3 Å². The van der Waals surface area contributed by atoms with Crippen molar-refractivity contribution in [3.63, 3.8) is 0 Å². The van der Waals surface area contributed by atoms with Crippen LogP contribution in [0.5, 0.6) is 11.5 Å². The van der Waals surface area contributed by atoms with Crippen LogP contribution in [0.15, 0.2) is 48.5 Å². The zero-order chi connectivity index (χ0) is 18.2. The number of anilines is 1. The molecule has 25 heavy (non-hydrogen) atoms. The van der Waals surface area contributed by atoms with Crippen molar-refractivity contribution in [3.8, 4) is 11.5 Å². The quantitative estimate of drug-likeness (QED) is 0.798. The molecule has 1 N–H and O–H groups in total. The summed E-state index contributed by atoms with van der Waals surface area (Å²) in [7, 11) is 3.41. The number of methoxy groups -OCH3 is 1. The van der Waals surface area contributed by atoms with E-state index in [1.54, 1.807) is 49.6 Å². The van der Waals surface area contributed by atoms with Crippen LogP contribution in [-0.2, 0) is 4.79 Å². The average molecular weight is 346 g/mol. The number of hydrogen-bond donors (Lipinski definition) is 1. The summed E-state index contributed by atoms with van der Waals surface area (Å²) in [5.74, 6) is 0.425. The van der Waals surface area contributed by atoms with Crippen molar-refractivity contribution in [1.82, 2.24) is 4.90 Å². The fourth-order valence-electron chi connectivity index (χ4n) is 2.18. The van der Waals surface area contributed by atoms with Gasteiger partial charge >= 0.3 is 0 Å². The molecule has 0 aromatic heterocycles.